The minimum absolute atomic E-state index is 0.818. The van der Waals surface area contributed by atoms with Gasteiger partial charge in [-0.15, -0.1) is 11.8 Å². The van der Waals surface area contributed by atoms with E-state index in [1.807, 2.05) is 17.2 Å². The molecule has 0 aromatic carbocycles. The highest BCUT2D eigenvalue weighted by atomic mass is 32.2. The molecule has 0 aliphatic carbocycles. The first-order valence-corrected chi connectivity index (χ1v) is 7.55. The quantitative estimate of drug-likeness (QED) is 0.404. The number of thioether (sulfide) groups is 1. The first-order valence-electron chi connectivity index (χ1n) is 6.61. The van der Waals surface area contributed by atoms with Gasteiger partial charge in [0.15, 0.2) is 0 Å². The molecule has 0 saturated carbocycles. The molecule has 0 N–H and O–H groups in total. The molecular weight excluding hydrogens is 200 g/mol. The highest BCUT2D eigenvalue weighted by Crippen LogP contribution is 2.21. The molecule has 0 aromatic rings. The fourth-order valence-electron chi connectivity index (χ4n) is 1.83. The Kier molecular flexibility index (Phi) is 12.2. The maximum absolute atomic E-state index is 3.79. The Balaban J connectivity index is 3.17. The first-order chi connectivity index (χ1) is 7.35. The summed E-state index contributed by atoms with van der Waals surface area (Å²) >= 11 is 1.91. The van der Waals surface area contributed by atoms with Crippen molar-refractivity contribution in [2.24, 2.45) is 0 Å². The molecule has 0 radical (unpaired) electrons. The molecule has 0 fully saturated rings. The van der Waals surface area contributed by atoms with E-state index in [1.165, 1.54) is 57.8 Å². The van der Waals surface area contributed by atoms with E-state index in [2.05, 4.69) is 20.4 Å². The predicted octanol–water partition coefficient (Wildman–Crippen LogP) is 5.78. The Morgan fingerprint density at radius 3 is 2.13 bits per heavy atom. The summed E-state index contributed by atoms with van der Waals surface area (Å²) in [5, 5.41) is 2.81. The number of unbranched alkanes of at least 4 members (excludes halogenated alkanes) is 6. The topological polar surface area (TPSA) is 0 Å². The van der Waals surface area contributed by atoms with Gasteiger partial charge in [-0.1, -0.05) is 65.4 Å². The second kappa shape index (κ2) is 12.2. The Morgan fingerprint density at radius 1 is 1.00 bits per heavy atom. The zero-order valence-electron chi connectivity index (χ0n) is 10.6. The van der Waals surface area contributed by atoms with Gasteiger partial charge in [-0.25, -0.2) is 0 Å². The van der Waals surface area contributed by atoms with E-state index in [9.17, 15) is 0 Å². The molecule has 0 aromatic heterocycles. The van der Waals surface area contributed by atoms with Gasteiger partial charge in [0, 0.05) is 5.25 Å². The summed E-state index contributed by atoms with van der Waals surface area (Å²) in [7, 11) is 0. The molecule has 0 spiro atoms. The minimum atomic E-state index is 0.818. The lowest BCUT2D eigenvalue weighted by molar-refractivity contribution is 0.567. The van der Waals surface area contributed by atoms with Crippen molar-refractivity contribution in [3.8, 4) is 0 Å². The molecule has 0 amide bonds. The fourth-order valence-corrected chi connectivity index (χ4v) is 2.60. The van der Waals surface area contributed by atoms with Crippen LogP contribution in [0.25, 0.3) is 0 Å². The maximum Gasteiger partial charge on any atom is 0.00856 e. The zero-order chi connectivity index (χ0) is 11.4. The van der Waals surface area contributed by atoms with Crippen molar-refractivity contribution in [2.75, 3.05) is 0 Å². The van der Waals surface area contributed by atoms with E-state index >= 15 is 0 Å². The van der Waals surface area contributed by atoms with Crippen molar-refractivity contribution in [1.82, 2.24) is 0 Å². The largest absolute Gasteiger partial charge is 0.131 e. The van der Waals surface area contributed by atoms with Crippen molar-refractivity contribution in [3.05, 3.63) is 12.0 Å². The van der Waals surface area contributed by atoms with Gasteiger partial charge in [0.05, 0.1) is 0 Å². The van der Waals surface area contributed by atoms with Crippen molar-refractivity contribution in [2.45, 2.75) is 76.9 Å². The average molecular weight is 228 g/mol. The normalized spacial score (nSPS) is 12.7. The third-order valence-corrected chi connectivity index (χ3v) is 4.02. The van der Waals surface area contributed by atoms with Crippen LogP contribution >= 0.6 is 11.8 Å². The Morgan fingerprint density at radius 2 is 1.60 bits per heavy atom. The van der Waals surface area contributed by atoms with Crippen LogP contribution in [0.5, 0.6) is 0 Å². The van der Waals surface area contributed by atoms with Crippen LogP contribution in [0, 0.1) is 0 Å². The number of hydrogen-bond acceptors (Lipinski definition) is 1. The molecule has 0 aliphatic heterocycles. The van der Waals surface area contributed by atoms with E-state index in [0.717, 1.165) is 5.25 Å². The summed E-state index contributed by atoms with van der Waals surface area (Å²) in [5.41, 5.74) is 0. The summed E-state index contributed by atoms with van der Waals surface area (Å²) in [5.74, 6) is 0. The Labute approximate surface area is 101 Å². The van der Waals surface area contributed by atoms with Gasteiger partial charge in [-0.3, -0.25) is 0 Å². The highest BCUT2D eigenvalue weighted by molar-refractivity contribution is 8.02. The number of hydrogen-bond donors (Lipinski definition) is 0. The van der Waals surface area contributed by atoms with Crippen LogP contribution in [0.4, 0.5) is 0 Å². The molecule has 1 heteroatoms. The molecule has 0 rings (SSSR count). The second-order valence-electron chi connectivity index (χ2n) is 4.24. The van der Waals surface area contributed by atoms with Crippen molar-refractivity contribution < 1.29 is 0 Å². The summed E-state index contributed by atoms with van der Waals surface area (Å²) in [4.78, 5) is 0. The smallest absolute Gasteiger partial charge is 0.00856 e. The SMILES string of the molecule is C=CSC(CC)CCCCCCCCC. The molecule has 0 nitrogen and oxygen atoms in total. The van der Waals surface area contributed by atoms with E-state index in [4.69, 9.17) is 0 Å². The van der Waals surface area contributed by atoms with E-state index in [0.29, 0.717) is 0 Å². The summed E-state index contributed by atoms with van der Waals surface area (Å²) in [6, 6.07) is 0. The lowest BCUT2D eigenvalue weighted by atomic mass is 10.1. The predicted molar refractivity (Wildman–Crippen MR) is 74.5 cm³/mol. The summed E-state index contributed by atoms with van der Waals surface area (Å²) in [6.45, 7) is 8.35. The minimum Gasteiger partial charge on any atom is -0.131 e. The van der Waals surface area contributed by atoms with Crippen molar-refractivity contribution in [3.63, 3.8) is 0 Å². The van der Waals surface area contributed by atoms with Crippen molar-refractivity contribution in [1.29, 1.82) is 0 Å². The number of rotatable bonds is 11. The fraction of sp³-hybridized carbons (Fsp3) is 0.857. The van der Waals surface area contributed by atoms with Crippen LogP contribution < -0.4 is 0 Å². The molecular formula is C14H28S. The molecule has 90 valence electrons. The van der Waals surface area contributed by atoms with E-state index in [1.54, 1.807) is 0 Å². The molecule has 0 heterocycles. The van der Waals surface area contributed by atoms with Crippen LogP contribution in [0.1, 0.15) is 71.6 Å². The highest BCUT2D eigenvalue weighted by Gasteiger charge is 2.03. The van der Waals surface area contributed by atoms with Gasteiger partial charge >= 0.3 is 0 Å². The lowest BCUT2D eigenvalue weighted by Crippen LogP contribution is -1.98. The van der Waals surface area contributed by atoms with Gasteiger partial charge in [0.2, 0.25) is 0 Å². The van der Waals surface area contributed by atoms with Crippen LogP contribution in [0.15, 0.2) is 12.0 Å². The monoisotopic (exact) mass is 228 g/mol. The van der Waals surface area contributed by atoms with Crippen LogP contribution in [-0.2, 0) is 0 Å². The average Bonchev–Trinajstić information content (AvgIpc) is 2.26. The van der Waals surface area contributed by atoms with Crippen LogP contribution in [0.3, 0.4) is 0 Å². The van der Waals surface area contributed by atoms with E-state index in [-0.39, 0.29) is 0 Å². The van der Waals surface area contributed by atoms with Crippen LogP contribution in [0.2, 0.25) is 0 Å². The molecule has 1 atom stereocenters. The standard InChI is InChI=1S/C14H28S/c1-4-7-8-9-10-11-12-13-14(5-2)15-6-3/h6,14H,3-5,7-13H2,1-2H3. The lowest BCUT2D eigenvalue weighted by Gasteiger charge is -2.11. The summed E-state index contributed by atoms with van der Waals surface area (Å²) < 4.78 is 0. The molecule has 0 bridgehead atoms. The molecule has 0 aliphatic rings. The molecule has 1 unspecified atom stereocenters. The van der Waals surface area contributed by atoms with Gasteiger partial charge in [-0.05, 0) is 18.2 Å². The van der Waals surface area contributed by atoms with Crippen LogP contribution in [-0.4, -0.2) is 5.25 Å². The van der Waals surface area contributed by atoms with Gasteiger partial charge < -0.3 is 0 Å². The van der Waals surface area contributed by atoms with Crippen molar-refractivity contribution >= 4 is 11.8 Å². The third-order valence-electron chi connectivity index (χ3n) is 2.87. The van der Waals surface area contributed by atoms with E-state index < -0.39 is 0 Å². The van der Waals surface area contributed by atoms with Gasteiger partial charge in [-0.2, -0.15) is 0 Å². The Hall–Kier alpha value is 0.0900. The molecule has 0 saturated heterocycles. The third kappa shape index (κ3) is 10.4. The van der Waals surface area contributed by atoms with Gasteiger partial charge in [0.1, 0.15) is 0 Å². The maximum atomic E-state index is 3.79. The zero-order valence-corrected chi connectivity index (χ0v) is 11.5. The second-order valence-corrected chi connectivity index (χ2v) is 5.52. The first kappa shape index (κ1) is 15.1. The Bertz CT molecular complexity index is 131. The summed E-state index contributed by atoms with van der Waals surface area (Å²) in [6.07, 6.45) is 12.6. The van der Waals surface area contributed by atoms with Gasteiger partial charge in [0.25, 0.3) is 0 Å². The molecule has 15 heavy (non-hydrogen) atoms.